The predicted octanol–water partition coefficient (Wildman–Crippen LogP) is 3.51. The van der Waals surface area contributed by atoms with Crippen LogP contribution in [0.15, 0.2) is 42.0 Å². The summed E-state index contributed by atoms with van der Waals surface area (Å²) in [7, 11) is 2.75. The summed E-state index contributed by atoms with van der Waals surface area (Å²) in [6.07, 6.45) is 1.86. The van der Waals surface area contributed by atoms with Gasteiger partial charge in [0.05, 0.1) is 48.1 Å². The van der Waals surface area contributed by atoms with Gasteiger partial charge in [-0.2, -0.15) is 4.90 Å². The number of methoxy groups -OCH3 is 2. The van der Waals surface area contributed by atoms with Gasteiger partial charge in [-0.25, -0.2) is 14.1 Å². The van der Waals surface area contributed by atoms with Crippen LogP contribution >= 0.6 is 11.6 Å². The molecule has 224 valence electrons. The monoisotopic (exact) mass is 611 g/mol. The molecule has 4 aliphatic rings. The lowest BCUT2D eigenvalue weighted by atomic mass is 9.51. The van der Waals surface area contributed by atoms with Gasteiger partial charge in [-0.15, -0.1) is 0 Å². The van der Waals surface area contributed by atoms with Crippen molar-refractivity contribution in [2.75, 3.05) is 19.1 Å². The molecule has 6 unspecified atom stereocenters. The molecule has 0 bridgehead atoms. The van der Waals surface area contributed by atoms with E-state index in [1.165, 1.54) is 38.5 Å². The summed E-state index contributed by atoms with van der Waals surface area (Å²) in [6, 6.07) is 5.04. The van der Waals surface area contributed by atoms with Crippen molar-refractivity contribution >= 4 is 46.9 Å². The van der Waals surface area contributed by atoms with Crippen molar-refractivity contribution in [3.05, 3.63) is 58.4 Å². The van der Waals surface area contributed by atoms with Crippen LogP contribution in [0.25, 0.3) is 0 Å². The summed E-state index contributed by atoms with van der Waals surface area (Å²) in [4.78, 5) is 68.8. The molecular formula is C30H27ClFN3O8. The topological polar surface area (TPSA) is 157 Å². The summed E-state index contributed by atoms with van der Waals surface area (Å²) >= 11 is 6.02. The Morgan fingerprint density at radius 3 is 2.28 bits per heavy atom. The maximum absolute atomic E-state index is 14.5. The van der Waals surface area contributed by atoms with E-state index in [1.54, 1.807) is 13.0 Å². The summed E-state index contributed by atoms with van der Waals surface area (Å²) in [5, 5.41) is 10.1. The van der Waals surface area contributed by atoms with E-state index in [4.69, 9.17) is 26.8 Å². The second kappa shape index (κ2) is 9.80. The molecule has 2 heterocycles. The number of primary amides is 1. The number of aromatic hydroxyl groups is 1. The number of hydrogen-bond donors (Lipinski definition) is 2. The zero-order chi connectivity index (χ0) is 31.1. The lowest BCUT2D eigenvalue weighted by Crippen LogP contribution is -2.49. The number of carbonyl (C=O) groups is 5. The van der Waals surface area contributed by atoms with Crippen molar-refractivity contribution in [1.29, 1.82) is 0 Å². The number of phenols is 1. The van der Waals surface area contributed by atoms with Gasteiger partial charge in [0.15, 0.2) is 0 Å². The van der Waals surface area contributed by atoms with Crippen molar-refractivity contribution < 1.29 is 42.9 Å². The average Bonchev–Trinajstić information content (AvgIpc) is 3.34. The zero-order valence-corrected chi connectivity index (χ0v) is 24.1. The molecule has 2 aromatic rings. The SMILES string of the molecule is COc1cc(O)cc(OC)c1C1C2=CCC3C(=O)N(C(N)=O)C(=O)C3C2CC2C(=O)N(c3ccc(F)c(Cl)c3)C(=O)C21C. The number of amides is 6. The number of urea groups is 1. The third-order valence-electron chi connectivity index (χ3n) is 9.47. The van der Waals surface area contributed by atoms with Crippen LogP contribution in [0.3, 0.4) is 0 Å². The highest BCUT2D eigenvalue weighted by atomic mass is 35.5. The maximum Gasteiger partial charge on any atom is 0.328 e. The minimum Gasteiger partial charge on any atom is -0.508 e. The number of ether oxygens (including phenoxy) is 2. The van der Waals surface area contributed by atoms with Crippen LogP contribution in [0.4, 0.5) is 14.9 Å². The molecule has 6 rings (SSSR count). The van der Waals surface area contributed by atoms with Gasteiger partial charge in [0.25, 0.3) is 0 Å². The van der Waals surface area contributed by atoms with E-state index in [0.717, 1.165) is 11.0 Å². The number of benzene rings is 2. The van der Waals surface area contributed by atoms with E-state index in [0.29, 0.717) is 16.0 Å². The number of phenolic OH excluding ortho intramolecular Hbond substituents is 1. The Bertz CT molecular complexity index is 1650. The number of allylic oxidation sites excluding steroid dienone is 2. The number of nitrogens with zero attached hydrogens (tertiary/aromatic N) is 2. The maximum atomic E-state index is 14.5. The molecule has 3 fully saturated rings. The lowest BCUT2D eigenvalue weighted by molar-refractivity contribution is -0.136. The van der Waals surface area contributed by atoms with E-state index >= 15 is 0 Å². The lowest BCUT2D eigenvalue weighted by Gasteiger charge is -2.49. The van der Waals surface area contributed by atoms with E-state index < -0.39 is 70.5 Å². The number of rotatable bonds is 4. The molecule has 0 spiro atoms. The molecule has 2 aliphatic carbocycles. The largest absolute Gasteiger partial charge is 0.508 e. The fraction of sp³-hybridized carbons (Fsp3) is 0.367. The first-order chi connectivity index (χ1) is 20.4. The Morgan fingerprint density at radius 2 is 1.70 bits per heavy atom. The molecular weight excluding hydrogens is 585 g/mol. The molecule has 2 aromatic carbocycles. The highest BCUT2D eigenvalue weighted by molar-refractivity contribution is 6.31. The number of anilines is 1. The quantitative estimate of drug-likeness (QED) is 0.393. The van der Waals surface area contributed by atoms with Crippen LogP contribution in [0.5, 0.6) is 17.2 Å². The van der Waals surface area contributed by atoms with E-state index in [-0.39, 0.29) is 40.8 Å². The molecule has 3 N–H and O–H groups in total. The average molecular weight is 612 g/mol. The normalized spacial score (nSPS) is 29.7. The molecule has 13 heteroatoms. The number of nitrogens with two attached hydrogens (primary N) is 1. The minimum atomic E-state index is -1.49. The second-order valence-electron chi connectivity index (χ2n) is 11.4. The number of hydrogen-bond acceptors (Lipinski definition) is 8. The predicted molar refractivity (Wildman–Crippen MR) is 149 cm³/mol. The summed E-state index contributed by atoms with van der Waals surface area (Å²) in [5.74, 6) is -7.80. The van der Waals surface area contributed by atoms with Gasteiger partial charge in [0.2, 0.25) is 23.6 Å². The van der Waals surface area contributed by atoms with Gasteiger partial charge in [-0.3, -0.25) is 19.2 Å². The van der Waals surface area contributed by atoms with Gasteiger partial charge < -0.3 is 20.3 Å². The second-order valence-corrected chi connectivity index (χ2v) is 11.8. The van der Waals surface area contributed by atoms with Crippen LogP contribution in [-0.2, 0) is 19.2 Å². The van der Waals surface area contributed by atoms with Gasteiger partial charge in [0.1, 0.15) is 23.1 Å². The fourth-order valence-electron chi connectivity index (χ4n) is 7.62. The number of carbonyl (C=O) groups excluding carboxylic acids is 5. The first-order valence-corrected chi connectivity index (χ1v) is 13.9. The molecule has 2 saturated heterocycles. The molecule has 0 radical (unpaired) electrons. The van der Waals surface area contributed by atoms with Crippen LogP contribution in [0.1, 0.15) is 31.2 Å². The highest BCUT2D eigenvalue weighted by Crippen LogP contribution is 2.65. The number of imide groups is 4. The molecule has 6 atom stereocenters. The van der Waals surface area contributed by atoms with Crippen LogP contribution in [-0.4, -0.2) is 53.9 Å². The van der Waals surface area contributed by atoms with E-state index in [9.17, 15) is 33.5 Å². The summed E-state index contributed by atoms with van der Waals surface area (Å²) < 4.78 is 25.3. The molecule has 1 saturated carbocycles. The third-order valence-corrected chi connectivity index (χ3v) is 9.76. The number of halogens is 2. The minimum absolute atomic E-state index is 0.00430. The smallest absolute Gasteiger partial charge is 0.328 e. The Hall–Kier alpha value is -4.45. The van der Waals surface area contributed by atoms with Crippen molar-refractivity contribution in [3.8, 4) is 17.2 Å². The van der Waals surface area contributed by atoms with E-state index in [2.05, 4.69) is 0 Å². The Morgan fingerprint density at radius 1 is 1.05 bits per heavy atom. The van der Waals surface area contributed by atoms with Crippen LogP contribution < -0.4 is 20.1 Å². The number of fused-ring (bicyclic) bond motifs is 4. The van der Waals surface area contributed by atoms with E-state index in [1.807, 2.05) is 0 Å². The first kappa shape index (κ1) is 28.7. The number of likely N-dealkylation sites (tertiary alicyclic amines) is 1. The fourth-order valence-corrected chi connectivity index (χ4v) is 7.80. The Balaban J connectivity index is 1.59. The van der Waals surface area contributed by atoms with Gasteiger partial charge in [0, 0.05) is 23.6 Å². The standard InChI is InChI=1S/C30H27ClFN3O8/c1-30-17(26(38)34(28(30)40)12-4-7-19(32)18(31)8-12)11-16-14(5-6-15-22(16)27(39)35(25(15)37)29(33)41)24(30)23-20(42-2)9-13(36)10-21(23)43-3/h4-5,7-10,15-17,22,24,36H,6,11H2,1-3H3,(H2,33,41). The molecule has 43 heavy (non-hydrogen) atoms. The van der Waals surface area contributed by atoms with Crippen LogP contribution in [0.2, 0.25) is 5.02 Å². The van der Waals surface area contributed by atoms with Crippen LogP contribution in [0, 0.1) is 34.9 Å². The van der Waals surface area contributed by atoms with Gasteiger partial charge in [-0.05, 0) is 43.9 Å². The van der Waals surface area contributed by atoms with Crippen molar-refractivity contribution in [3.63, 3.8) is 0 Å². The Kier molecular flexibility index (Phi) is 6.53. The molecule has 6 amide bonds. The van der Waals surface area contributed by atoms with Crippen molar-refractivity contribution in [2.24, 2.45) is 34.8 Å². The first-order valence-electron chi connectivity index (χ1n) is 13.5. The molecule has 2 aliphatic heterocycles. The molecule has 11 nitrogen and oxygen atoms in total. The Labute approximate surface area is 250 Å². The molecule has 0 aromatic heterocycles. The summed E-state index contributed by atoms with van der Waals surface area (Å²) in [5.41, 5.74) is 4.92. The summed E-state index contributed by atoms with van der Waals surface area (Å²) in [6.45, 7) is 1.64. The van der Waals surface area contributed by atoms with Gasteiger partial charge >= 0.3 is 6.03 Å². The zero-order valence-electron chi connectivity index (χ0n) is 23.3. The third kappa shape index (κ3) is 3.81. The van der Waals surface area contributed by atoms with Crippen molar-refractivity contribution in [2.45, 2.75) is 25.7 Å². The van der Waals surface area contributed by atoms with Gasteiger partial charge in [-0.1, -0.05) is 23.3 Å². The highest BCUT2D eigenvalue weighted by Gasteiger charge is 2.68. The van der Waals surface area contributed by atoms with Crippen molar-refractivity contribution in [1.82, 2.24) is 4.90 Å².